The predicted octanol–water partition coefficient (Wildman–Crippen LogP) is 3.63. The molecule has 0 bridgehead atoms. The Balaban J connectivity index is 1.89. The number of esters is 1. The molecule has 0 spiro atoms. The smallest absolute Gasteiger partial charge is 0.338 e. The van der Waals surface area contributed by atoms with Crippen LogP contribution in [0.1, 0.15) is 31.2 Å². The normalized spacial score (nSPS) is 16.2. The fourth-order valence-electron chi connectivity index (χ4n) is 3.47. The number of nitrogens with zero attached hydrogens (tertiary/aromatic N) is 2. The molecule has 0 aliphatic carbocycles. The molecule has 0 saturated carbocycles. The second-order valence-corrected chi connectivity index (χ2v) is 6.91. The van der Waals surface area contributed by atoms with Crippen LogP contribution in [0.3, 0.4) is 0 Å². The van der Waals surface area contributed by atoms with Crippen molar-refractivity contribution in [2.45, 2.75) is 26.8 Å². The second-order valence-electron chi connectivity index (χ2n) is 6.91. The summed E-state index contributed by atoms with van der Waals surface area (Å²) in [6.07, 6.45) is 1.80. The lowest BCUT2D eigenvalue weighted by molar-refractivity contribution is -0.139. The largest absolute Gasteiger partial charge is 0.463 e. The highest BCUT2D eigenvalue weighted by Gasteiger charge is 2.35. The Bertz CT molecular complexity index is 1130. The number of benzene rings is 1. The lowest BCUT2D eigenvalue weighted by Gasteiger charge is -2.27. The van der Waals surface area contributed by atoms with Crippen molar-refractivity contribution in [1.29, 1.82) is 0 Å². The molecule has 4 rings (SSSR count). The fraction of sp³-hybridized carbons (Fsp3) is 0.227. The van der Waals surface area contributed by atoms with E-state index in [2.05, 4.69) is 10.6 Å². The molecule has 0 radical (unpaired) electrons. The zero-order valence-corrected chi connectivity index (χ0v) is 16.9. The molecule has 2 amide bonds. The van der Waals surface area contributed by atoms with E-state index in [9.17, 15) is 9.59 Å². The lowest BCUT2D eigenvalue weighted by Crippen LogP contribution is -2.45. The summed E-state index contributed by atoms with van der Waals surface area (Å²) in [6, 6.07) is 12.1. The number of ether oxygens (including phenoxy) is 1. The quantitative estimate of drug-likeness (QED) is 0.631. The lowest BCUT2D eigenvalue weighted by atomic mass is 9.95. The van der Waals surface area contributed by atoms with Crippen LogP contribution in [-0.4, -0.2) is 28.4 Å². The van der Waals surface area contributed by atoms with E-state index in [4.69, 9.17) is 14.3 Å². The average molecular weight is 406 g/mol. The molecule has 0 unspecified atom stereocenters. The Morgan fingerprint density at radius 1 is 1.20 bits per heavy atom. The van der Waals surface area contributed by atoms with E-state index >= 15 is 0 Å². The summed E-state index contributed by atoms with van der Waals surface area (Å²) in [6.45, 7) is 5.49. The van der Waals surface area contributed by atoms with Crippen LogP contribution < -0.4 is 10.6 Å². The van der Waals surface area contributed by atoms with Gasteiger partial charge in [-0.1, -0.05) is 18.2 Å². The fourth-order valence-corrected chi connectivity index (χ4v) is 3.47. The van der Waals surface area contributed by atoms with Gasteiger partial charge in [-0.2, -0.15) is 5.10 Å². The Hall–Kier alpha value is -3.81. The molecule has 2 aromatic heterocycles. The summed E-state index contributed by atoms with van der Waals surface area (Å²) in [5.41, 5.74) is 2.77. The molecular weight excluding hydrogens is 384 g/mol. The zero-order chi connectivity index (χ0) is 21.3. The predicted molar refractivity (Wildman–Crippen MR) is 110 cm³/mol. The van der Waals surface area contributed by atoms with Crippen molar-refractivity contribution in [3.8, 4) is 17.1 Å². The van der Waals surface area contributed by atoms with Crippen LogP contribution in [0.15, 0.2) is 64.3 Å². The number of rotatable bonds is 5. The van der Waals surface area contributed by atoms with Gasteiger partial charge in [-0.05, 0) is 45.0 Å². The standard InChI is InChI=1S/C22H22N4O4/c1-4-29-21(27)18-14(3)23-22(28)24-20(18)16-12-26(15-8-6-5-7-9-15)25-19(16)17-11-10-13(2)30-17/h5-12,20H,4H2,1-3H3,(H2,23,24,28)/t20-/m0/s1. The molecule has 1 aliphatic heterocycles. The average Bonchev–Trinajstić information content (AvgIpc) is 3.34. The summed E-state index contributed by atoms with van der Waals surface area (Å²) >= 11 is 0. The van der Waals surface area contributed by atoms with Crippen LogP contribution in [0, 0.1) is 6.92 Å². The Kier molecular flexibility index (Phi) is 5.14. The van der Waals surface area contributed by atoms with Gasteiger partial charge in [-0.15, -0.1) is 0 Å². The first-order chi connectivity index (χ1) is 14.5. The number of hydrogen-bond donors (Lipinski definition) is 2. The highest BCUT2D eigenvalue weighted by atomic mass is 16.5. The molecule has 0 saturated heterocycles. The number of aryl methyl sites for hydroxylation is 1. The maximum absolute atomic E-state index is 12.7. The van der Waals surface area contributed by atoms with Crippen molar-refractivity contribution >= 4 is 12.0 Å². The van der Waals surface area contributed by atoms with Gasteiger partial charge in [0.25, 0.3) is 0 Å². The third-order valence-electron chi connectivity index (χ3n) is 4.81. The maximum Gasteiger partial charge on any atom is 0.338 e. The van der Waals surface area contributed by atoms with Gasteiger partial charge in [0, 0.05) is 17.5 Å². The molecule has 3 aromatic rings. The Morgan fingerprint density at radius 2 is 1.97 bits per heavy atom. The molecule has 1 atom stereocenters. The first kappa shape index (κ1) is 19.5. The number of carbonyl (C=O) groups excluding carboxylic acids is 2. The Labute approximate surface area is 173 Å². The van der Waals surface area contributed by atoms with Crippen molar-refractivity contribution in [3.05, 3.63) is 71.3 Å². The van der Waals surface area contributed by atoms with Gasteiger partial charge in [0.15, 0.2) is 5.76 Å². The van der Waals surface area contributed by atoms with E-state index in [1.54, 1.807) is 24.7 Å². The molecule has 8 nitrogen and oxygen atoms in total. The van der Waals surface area contributed by atoms with Crippen LogP contribution in [-0.2, 0) is 9.53 Å². The highest BCUT2D eigenvalue weighted by Crippen LogP contribution is 2.35. The molecule has 30 heavy (non-hydrogen) atoms. The van der Waals surface area contributed by atoms with Crippen molar-refractivity contribution in [3.63, 3.8) is 0 Å². The number of carbonyl (C=O) groups is 2. The van der Waals surface area contributed by atoms with Crippen molar-refractivity contribution in [2.24, 2.45) is 0 Å². The highest BCUT2D eigenvalue weighted by molar-refractivity contribution is 5.95. The number of allylic oxidation sites excluding steroid dienone is 1. The molecule has 1 aliphatic rings. The molecule has 1 aromatic carbocycles. The van der Waals surface area contributed by atoms with E-state index in [1.807, 2.05) is 49.4 Å². The van der Waals surface area contributed by atoms with Gasteiger partial charge in [0.05, 0.1) is 23.9 Å². The molecule has 2 N–H and O–H groups in total. The van der Waals surface area contributed by atoms with Gasteiger partial charge in [0.2, 0.25) is 0 Å². The summed E-state index contributed by atoms with van der Waals surface area (Å²) in [5.74, 6) is 0.782. The number of hydrogen-bond acceptors (Lipinski definition) is 5. The second kappa shape index (κ2) is 7.90. The van der Waals surface area contributed by atoms with Crippen LogP contribution in [0.4, 0.5) is 4.79 Å². The van der Waals surface area contributed by atoms with Crippen LogP contribution in [0.5, 0.6) is 0 Å². The molecule has 8 heteroatoms. The summed E-state index contributed by atoms with van der Waals surface area (Å²) in [7, 11) is 0. The van der Waals surface area contributed by atoms with Crippen molar-refractivity contribution in [2.75, 3.05) is 6.61 Å². The third-order valence-corrected chi connectivity index (χ3v) is 4.81. The topological polar surface area (TPSA) is 98.4 Å². The van der Waals surface area contributed by atoms with E-state index in [0.717, 1.165) is 11.4 Å². The third kappa shape index (κ3) is 3.59. The van der Waals surface area contributed by atoms with Gasteiger partial charge in [0.1, 0.15) is 11.5 Å². The number of para-hydroxylation sites is 1. The number of urea groups is 1. The summed E-state index contributed by atoms with van der Waals surface area (Å²) in [4.78, 5) is 25.0. The first-order valence-electron chi connectivity index (χ1n) is 9.65. The van der Waals surface area contributed by atoms with Crippen LogP contribution in [0.2, 0.25) is 0 Å². The summed E-state index contributed by atoms with van der Waals surface area (Å²) < 4.78 is 12.8. The molecule has 3 heterocycles. The van der Waals surface area contributed by atoms with Gasteiger partial charge in [-0.25, -0.2) is 14.3 Å². The SMILES string of the molecule is CCOC(=O)C1=C(C)NC(=O)N[C@H]1c1cn(-c2ccccc2)nc1-c1ccc(C)o1. The minimum atomic E-state index is -0.740. The Morgan fingerprint density at radius 3 is 2.63 bits per heavy atom. The number of furan rings is 1. The van der Waals surface area contributed by atoms with E-state index < -0.39 is 18.0 Å². The van der Waals surface area contributed by atoms with Crippen molar-refractivity contribution < 1.29 is 18.7 Å². The maximum atomic E-state index is 12.7. The number of aromatic nitrogens is 2. The first-order valence-corrected chi connectivity index (χ1v) is 9.65. The van der Waals surface area contributed by atoms with Gasteiger partial charge in [-0.3, -0.25) is 0 Å². The minimum Gasteiger partial charge on any atom is -0.463 e. The molecule has 0 fully saturated rings. The van der Waals surface area contributed by atoms with E-state index in [1.165, 1.54) is 0 Å². The summed E-state index contributed by atoms with van der Waals surface area (Å²) in [5, 5.41) is 10.2. The van der Waals surface area contributed by atoms with Crippen molar-refractivity contribution in [1.82, 2.24) is 20.4 Å². The van der Waals surface area contributed by atoms with Crippen LogP contribution >= 0.6 is 0 Å². The van der Waals surface area contributed by atoms with E-state index in [-0.39, 0.29) is 6.61 Å². The van der Waals surface area contributed by atoms with Gasteiger partial charge >= 0.3 is 12.0 Å². The van der Waals surface area contributed by atoms with Gasteiger partial charge < -0.3 is 19.8 Å². The van der Waals surface area contributed by atoms with Crippen LogP contribution in [0.25, 0.3) is 17.1 Å². The number of amides is 2. The minimum absolute atomic E-state index is 0.226. The zero-order valence-electron chi connectivity index (χ0n) is 16.9. The van der Waals surface area contributed by atoms with E-state index in [0.29, 0.717) is 28.3 Å². The molecule has 154 valence electrons. The number of nitrogens with one attached hydrogen (secondary N) is 2. The monoisotopic (exact) mass is 406 g/mol. The molecular formula is C22H22N4O4.